The lowest BCUT2D eigenvalue weighted by molar-refractivity contribution is -0.124. The molecular formula is C16H18N6O3. The Labute approximate surface area is 144 Å². The summed E-state index contributed by atoms with van der Waals surface area (Å²) in [5.74, 6) is 1.06. The van der Waals surface area contributed by atoms with Crippen molar-refractivity contribution < 1.29 is 14.1 Å². The Kier molecular flexibility index (Phi) is 5.03. The van der Waals surface area contributed by atoms with Crippen LogP contribution in [-0.4, -0.2) is 37.4 Å². The van der Waals surface area contributed by atoms with Crippen LogP contribution in [0.15, 0.2) is 41.3 Å². The van der Waals surface area contributed by atoms with E-state index in [1.165, 1.54) is 0 Å². The van der Waals surface area contributed by atoms with Crippen molar-refractivity contribution in [3.63, 3.8) is 0 Å². The van der Waals surface area contributed by atoms with Gasteiger partial charge in [0.25, 0.3) is 0 Å². The largest absolute Gasteiger partial charge is 0.478 e. The van der Waals surface area contributed by atoms with Crippen LogP contribution in [-0.2, 0) is 11.3 Å². The molecule has 3 rings (SSSR count). The average molecular weight is 342 g/mol. The summed E-state index contributed by atoms with van der Waals surface area (Å²) in [4.78, 5) is 20.5. The van der Waals surface area contributed by atoms with E-state index in [1.807, 2.05) is 6.92 Å². The zero-order valence-electron chi connectivity index (χ0n) is 13.9. The highest BCUT2D eigenvalue weighted by Gasteiger charge is 2.16. The third kappa shape index (κ3) is 4.00. The van der Waals surface area contributed by atoms with E-state index in [1.54, 1.807) is 48.4 Å². The van der Waals surface area contributed by atoms with Gasteiger partial charge >= 0.3 is 0 Å². The Morgan fingerprint density at radius 1 is 1.44 bits per heavy atom. The fourth-order valence-electron chi connectivity index (χ4n) is 2.13. The molecule has 1 N–H and O–H groups in total. The summed E-state index contributed by atoms with van der Waals surface area (Å²) in [7, 11) is 0. The maximum absolute atomic E-state index is 12.1. The summed E-state index contributed by atoms with van der Waals surface area (Å²) in [5, 5.41) is 10.7. The monoisotopic (exact) mass is 342 g/mol. The number of rotatable bonds is 7. The third-order valence-electron chi connectivity index (χ3n) is 3.47. The van der Waals surface area contributed by atoms with Crippen LogP contribution in [0, 0.1) is 0 Å². The fourth-order valence-corrected chi connectivity index (χ4v) is 2.13. The van der Waals surface area contributed by atoms with E-state index in [9.17, 15) is 4.79 Å². The number of hydrogen-bond donors (Lipinski definition) is 1. The molecule has 1 amide bonds. The molecule has 9 heteroatoms. The normalized spacial score (nSPS) is 11.9. The van der Waals surface area contributed by atoms with Crippen molar-refractivity contribution in [1.29, 1.82) is 0 Å². The van der Waals surface area contributed by atoms with Gasteiger partial charge in [-0.25, -0.2) is 4.98 Å². The van der Waals surface area contributed by atoms with Crippen molar-refractivity contribution in [2.24, 2.45) is 0 Å². The first-order chi connectivity index (χ1) is 12.2. The van der Waals surface area contributed by atoms with Crippen molar-refractivity contribution in [3.05, 3.63) is 42.7 Å². The van der Waals surface area contributed by atoms with Gasteiger partial charge in [-0.1, -0.05) is 5.16 Å². The van der Waals surface area contributed by atoms with Gasteiger partial charge in [-0.3, -0.25) is 9.48 Å². The minimum atomic E-state index is -0.423. The molecule has 0 bridgehead atoms. The molecule has 9 nitrogen and oxygen atoms in total. The number of hydrogen-bond acceptors (Lipinski definition) is 7. The first kappa shape index (κ1) is 16.6. The number of aromatic nitrogens is 5. The summed E-state index contributed by atoms with van der Waals surface area (Å²) >= 11 is 0. The molecule has 3 aromatic heterocycles. The van der Waals surface area contributed by atoms with Gasteiger partial charge in [-0.05, 0) is 26.0 Å². The predicted molar refractivity (Wildman–Crippen MR) is 87.5 cm³/mol. The zero-order chi connectivity index (χ0) is 17.6. The standard InChI is InChI=1S/C16H18N6O3/c1-3-24-13-6-5-12(9-17-13)15-20-14(25-21-15)10-18-16(23)11(2)22-8-4-7-19-22/h4-9,11H,3,10H2,1-2H3,(H,18,23). The molecule has 3 aromatic rings. The maximum Gasteiger partial charge on any atom is 0.246 e. The SMILES string of the molecule is CCOc1ccc(-c2noc(CNC(=O)C(C)n3cccn3)n2)cn1. The van der Waals surface area contributed by atoms with Crippen LogP contribution in [0.25, 0.3) is 11.4 Å². The number of pyridine rings is 1. The first-order valence-electron chi connectivity index (χ1n) is 7.86. The van der Waals surface area contributed by atoms with Crippen LogP contribution in [0.3, 0.4) is 0 Å². The van der Waals surface area contributed by atoms with Gasteiger partial charge in [0, 0.05) is 30.2 Å². The van der Waals surface area contributed by atoms with E-state index < -0.39 is 6.04 Å². The van der Waals surface area contributed by atoms with Crippen LogP contribution >= 0.6 is 0 Å². The Morgan fingerprint density at radius 2 is 2.32 bits per heavy atom. The summed E-state index contributed by atoms with van der Waals surface area (Å²) < 4.78 is 12.0. The lowest BCUT2D eigenvalue weighted by atomic mass is 10.3. The van der Waals surface area contributed by atoms with Crippen molar-refractivity contribution >= 4 is 5.91 Å². The first-order valence-corrected chi connectivity index (χ1v) is 7.86. The lowest BCUT2D eigenvalue weighted by Crippen LogP contribution is -2.30. The van der Waals surface area contributed by atoms with Crippen molar-refractivity contribution in [2.45, 2.75) is 26.4 Å². The number of nitrogens with one attached hydrogen (secondary N) is 1. The lowest BCUT2D eigenvalue weighted by Gasteiger charge is -2.11. The molecule has 0 fully saturated rings. The summed E-state index contributed by atoms with van der Waals surface area (Å²) in [6.45, 7) is 4.34. The summed E-state index contributed by atoms with van der Waals surface area (Å²) in [6, 6.07) is 4.87. The highest BCUT2D eigenvalue weighted by atomic mass is 16.5. The van der Waals surface area contributed by atoms with Crippen molar-refractivity contribution in [1.82, 2.24) is 30.2 Å². The van der Waals surface area contributed by atoms with Gasteiger partial charge in [0.1, 0.15) is 6.04 Å². The van der Waals surface area contributed by atoms with Crippen LogP contribution in [0.2, 0.25) is 0 Å². The Hall–Kier alpha value is -3.23. The number of nitrogens with zero attached hydrogens (tertiary/aromatic N) is 5. The molecule has 0 radical (unpaired) electrons. The highest BCUT2D eigenvalue weighted by Crippen LogP contribution is 2.17. The molecule has 0 saturated carbocycles. The Balaban J connectivity index is 1.59. The molecule has 0 aliphatic heterocycles. The quantitative estimate of drug-likeness (QED) is 0.695. The number of amides is 1. The van der Waals surface area contributed by atoms with Gasteiger partial charge in [-0.15, -0.1) is 0 Å². The number of ether oxygens (including phenoxy) is 1. The van der Waals surface area contributed by atoms with Gasteiger partial charge in [-0.2, -0.15) is 10.1 Å². The molecule has 1 unspecified atom stereocenters. The van der Waals surface area contributed by atoms with Crippen LogP contribution < -0.4 is 10.1 Å². The number of carbonyl (C=O) groups is 1. The molecule has 0 saturated heterocycles. The van der Waals surface area contributed by atoms with E-state index in [0.29, 0.717) is 29.8 Å². The maximum atomic E-state index is 12.1. The van der Waals surface area contributed by atoms with E-state index >= 15 is 0 Å². The third-order valence-corrected chi connectivity index (χ3v) is 3.47. The highest BCUT2D eigenvalue weighted by molar-refractivity contribution is 5.79. The van der Waals surface area contributed by atoms with Crippen LogP contribution in [0.4, 0.5) is 0 Å². The fraction of sp³-hybridized carbons (Fsp3) is 0.312. The van der Waals surface area contributed by atoms with Gasteiger partial charge in [0.15, 0.2) is 0 Å². The number of carbonyl (C=O) groups excluding carboxylic acids is 1. The molecule has 0 aliphatic carbocycles. The molecule has 25 heavy (non-hydrogen) atoms. The van der Waals surface area contributed by atoms with Crippen LogP contribution in [0.1, 0.15) is 25.8 Å². The predicted octanol–water partition coefficient (Wildman–Crippen LogP) is 1.60. The Morgan fingerprint density at radius 3 is 3.00 bits per heavy atom. The molecule has 0 spiro atoms. The second-order valence-electron chi connectivity index (χ2n) is 5.21. The van der Waals surface area contributed by atoms with E-state index in [2.05, 4.69) is 25.5 Å². The van der Waals surface area contributed by atoms with Gasteiger partial charge in [0.05, 0.1) is 13.2 Å². The van der Waals surface area contributed by atoms with Crippen molar-refractivity contribution in [2.75, 3.05) is 6.61 Å². The second kappa shape index (κ2) is 7.56. The molecule has 1 atom stereocenters. The summed E-state index contributed by atoms with van der Waals surface area (Å²) in [5.41, 5.74) is 0.703. The molecular weight excluding hydrogens is 324 g/mol. The second-order valence-corrected chi connectivity index (χ2v) is 5.21. The van der Waals surface area contributed by atoms with Crippen LogP contribution in [0.5, 0.6) is 5.88 Å². The minimum Gasteiger partial charge on any atom is -0.478 e. The van der Waals surface area contributed by atoms with Gasteiger partial charge in [0.2, 0.25) is 23.5 Å². The summed E-state index contributed by atoms with van der Waals surface area (Å²) in [6.07, 6.45) is 4.96. The smallest absolute Gasteiger partial charge is 0.246 e. The van der Waals surface area contributed by atoms with E-state index in [0.717, 1.165) is 0 Å². The molecule has 0 aromatic carbocycles. The minimum absolute atomic E-state index is 0.141. The molecule has 0 aliphatic rings. The van der Waals surface area contributed by atoms with Gasteiger partial charge < -0.3 is 14.6 Å². The molecule has 3 heterocycles. The molecule has 130 valence electrons. The Bertz CT molecular complexity index is 813. The van der Waals surface area contributed by atoms with E-state index in [4.69, 9.17) is 9.26 Å². The topological polar surface area (TPSA) is 108 Å². The van der Waals surface area contributed by atoms with E-state index in [-0.39, 0.29) is 12.5 Å². The average Bonchev–Trinajstić information content (AvgIpc) is 3.32. The van der Waals surface area contributed by atoms with Crippen molar-refractivity contribution in [3.8, 4) is 17.3 Å². The zero-order valence-corrected chi connectivity index (χ0v) is 13.9.